The third kappa shape index (κ3) is 15.4. The van der Waals surface area contributed by atoms with Gasteiger partial charge in [-0.3, -0.25) is 29.8 Å². The van der Waals surface area contributed by atoms with Crippen LogP contribution in [0.2, 0.25) is 6.55 Å². The summed E-state index contributed by atoms with van der Waals surface area (Å²) in [6, 6.07) is 0. The van der Waals surface area contributed by atoms with Gasteiger partial charge in [-0.2, -0.15) is 0 Å². The number of carboxylic acid groups (broad SMARTS) is 2. The lowest BCUT2D eigenvalue weighted by atomic mass is 9.77. The molecule has 0 spiro atoms. The van der Waals surface area contributed by atoms with Crippen molar-refractivity contribution in [3.05, 3.63) is 11.6 Å². The Labute approximate surface area is 257 Å². The van der Waals surface area contributed by atoms with Crippen molar-refractivity contribution >= 4 is 41.1 Å². The predicted molar refractivity (Wildman–Crippen MR) is 163 cm³/mol. The Kier molecular flexibility index (Phi) is 18.9. The van der Waals surface area contributed by atoms with Crippen molar-refractivity contribution in [1.82, 2.24) is 21.3 Å². The predicted octanol–water partition coefficient (Wildman–Crippen LogP) is 0.569. The van der Waals surface area contributed by atoms with Crippen molar-refractivity contribution < 1.29 is 51.5 Å². The normalized spacial score (nSPS) is 14.2. The smallest absolute Gasteiger partial charge is 0.481 e. The van der Waals surface area contributed by atoms with Crippen LogP contribution in [-0.2, 0) is 41.3 Å². The molecule has 2 atom stereocenters. The number of carboxylic acids is 2. The molecule has 0 aliphatic heterocycles. The quantitative estimate of drug-likeness (QED) is 0.0366. The third-order valence-corrected chi connectivity index (χ3v) is 12.5. The van der Waals surface area contributed by atoms with E-state index in [-0.39, 0.29) is 31.3 Å². The maximum Gasteiger partial charge on any atom is 0.514 e. The summed E-state index contributed by atoms with van der Waals surface area (Å²) >= 11 is 0. The van der Waals surface area contributed by atoms with Crippen LogP contribution in [0, 0.1) is 17.3 Å². The largest absolute Gasteiger partial charge is 0.514 e. The van der Waals surface area contributed by atoms with Gasteiger partial charge in [0.25, 0.3) is 0 Å². The maximum absolute atomic E-state index is 13.1. The molecule has 0 saturated carbocycles. The molecule has 0 aromatic rings. The van der Waals surface area contributed by atoms with Gasteiger partial charge in [0.1, 0.15) is 0 Å². The molecule has 0 heterocycles. The zero-order valence-electron chi connectivity index (χ0n) is 27.0. The molecule has 0 bridgehead atoms. The number of nitrogens with one attached hydrogen (secondary N) is 4. The summed E-state index contributed by atoms with van der Waals surface area (Å²) < 4.78 is 26.7. The minimum atomic E-state index is -2.92. The van der Waals surface area contributed by atoms with Gasteiger partial charge >= 0.3 is 29.3 Å². The molecule has 0 radical (unpaired) electrons. The van der Waals surface area contributed by atoms with Crippen LogP contribution >= 0.6 is 0 Å². The summed E-state index contributed by atoms with van der Waals surface area (Å²) in [6.07, 6.45) is 1.91. The first-order valence-electron chi connectivity index (χ1n) is 13.9. The molecule has 17 heteroatoms. The fourth-order valence-electron chi connectivity index (χ4n) is 3.93. The first-order chi connectivity index (χ1) is 20.1. The molecule has 0 aliphatic rings. The summed E-state index contributed by atoms with van der Waals surface area (Å²) in [4.78, 5) is 50.0. The van der Waals surface area contributed by atoms with E-state index < -0.39 is 65.8 Å². The van der Waals surface area contributed by atoms with Crippen LogP contribution in [0.5, 0.6) is 0 Å². The lowest BCUT2D eigenvalue weighted by Gasteiger charge is -2.28. The van der Waals surface area contributed by atoms with Crippen LogP contribution in [0.3, 0.4) is 0 Å². The number of carbonyl (C=O) groups is 4. The van der Waals surface area contributed by atoms with E-state index in [1.165, 1.54) is 41.6 Å². The third-order valence-electron chi connectivity index (χ3n) is 7.30. The van der Waals surface area contributed by atoms with Crippen LogP contribution in [0.15, 0.2) is 11.6 Å². The Balaban J connectivity index is 5.89. The first-order valence-corrected chi connectivity index (χ1v) is 18.4. The van der Waals surface area contributed by atoms with Crippen LogP contribution < -0.4 is 21.3 Å². The van der Waals surface area contributed by atoms with Gasteiger partial charge in [-0.1, -0.05) is 38.8 Å². The van der Waals surface area contributed by atoms with Gasteiger partial charge in [0.15, 0.2) is 0 Å². The van der Waals surface area contributed by atoms with Crippen molar-refractivity contribution in [1.29, 1.82) is 0 Å². The first kappa shape index (κ1) is 40.8. The maximum atomic E-state index is 13.1. The summed E-state index contributed by atoms with van der Waals surface area (Å²) in [5.74, 6) is -6.09. The lowest BCUT2D eigenvalue weighted by Crippen LogP contribution is -2.53. The van der Waals surface area contributed by atoms with Crippen molar-refractivity contribution in [3.8, 4) is 0 Å². The Morgan fingerprint density at radius 3 is 1.84 bits per heavy atom. The summed E-state index contributed by atoms with van der Waals surface area (Å²) in [5.41, 5.74) is -0.0761. The number of amides is 2. The molecule has 0 rings (SSSR count). The van der Waals surface area contributed by atoms with Gasteiger partial charge in [0.05, 0.1) is 37.8 Å². The summed E-state index contributed by atoms with van der Waals surface area (Å²) in [6.45, 7) is 7.67. The molecule has 0 aromatic heterocycles. The van der Waals surface area contributed by atoms with E-state index in [2.05, 4.69) is 21.3 Å². The molecule has 15 nitrogen and oxygen atoms in total. The summed E-state index contributed by atoms with van der Waals surface area (Å²) in [7, 11) is 2.07. The lowest BCUT2D eigenvalue weighted by molar-refractivity contribution is -0.142. The Morgan fingerprint density at radius 1 is 0.837 bits per heavy atom. The van der Waals surface area contributed by atoms with Crippen LogP contribution in [0.25, 0.3) is 0 Å². The monoisotopic (exact) mass is 652 g/mol. The van der Waals surface area contributed by atoms with Crippen LogP contribution in [0.4, 0.5) is 0 Å². The van der Waals surface area contributed by atoms with Crippen LogP contribution in [0.1, 0.15) is 46.5 Å². The number of hydrogen-bond acceptors (Lipinski definition) is 11. The minimum absolute atomic E-state index is 0.000589. The molecule has 250 valence electrons. The molecule has 0 fully saturated rings. The fourth-order valence-corrected chi connectivity index (χ4v) is 6.32. The number of carbonyl (C=O) groups excluding carboxylic acids is 2. The average molecular weight is 653 g/mol. The van der Waals surface area contributed by atoms with E-state index in [9.17, 15) is 29.4 Å². The standard InChI is InChI=1S/C26H52N4O11Si2/c1-10-26(2,3)14-20(11-19(12-23(32)33)24(34)30-16-27-17-42(9,37-4)38-5)21(25(35)36)13-22(31)29-15-28-18-43(39-6,40-7)41-8/h11,19,21,27-28H,10,12-18H2,1-9H3,(H,29,31)(H,30,34)(H,32,33)(H,35,36)/b20-11+. The molecule has 0 aliphatic carbocycles. The van der Waals surface area contributed by atoms with Crippen molar-refractivity contribution in [2.75, 3.05) is 61.2 Å². The highest BCUT2D eigenvalue weighted by Gasteiger charge is 2.37. The van der Waals surface area contributed by atoms with Gasteiger partial charge in [-0.15, -0.1) is 0 Å². The van der Waals surface area contributed by atoms with E-state index in [1.807, 2.05) is 27.3 Å². The number of hydrogen-bond donors (Lipinski definition) is 6. The SMILES string of the molecule is CCC(C)(C)C/C(=C\C(CC(=O)O)C(=O)NCNC[Si](C)(OC)OC)C(CC(=O)NCNC[Si](OC)(OC)OC)C(=O)O. The highest BCUT2D eigenvalue weighted by molar-refractivity contribution is 6.66. The van der Waals surface area contributed by atoms with Gasteiger partial charge in [0, 0.05) is 48.1 Å². The minimum Gasteiger partial charge on any atom is -0.481 e. The second-order valence-electron chi connectivity index (χ2n) is 10.9. The average Bonchev–Trinajstić information content (AvgIpc) is 2.97. The van der Waals surface area contributed by atoms with Crippen LogP contribution in [-0.4, -0.2) is 113 Å². The second kappa shape index (κ2) is 19.9. The van der Waals surface area contributed by atoms with E-state index >= 15 is 0 Å². The Morgan fingerprint density at radius 2 is 1.37 bits per heavy atom. The van der Waals surface area contributed by atoms with E-state index in [1.54, 1.807) is 0 Å². The topological polar surface area (TPSA) is 203 Å². The zero-order chi connectivity index (χ0) is 33.3. The molecular weight excluding hydrogens is 600 g/mol. The Hall–Kier alpha value is -2.23. The number of aliphatic carboxylic acids is 2. The molecule has 6 N–H and O–H groups in total. The van der Waals surface area contributed by atoms with E-state index in [0.29, 0.717) is 18.2 Å². The van der Waals surface area contributed by atoms with E-state index in [4.69, 9.17) is 22.1 Å². The highest BCUT2D eigenvalue weighted by Crippen LogP contribution is 2.34. The highest BCUT2D eigenvalue weighted by atomic mass is 28.4. The Bertz CT molecular complexity index is 921. The van der Waals surface area contributed by atoms with Gasteiger partial charge in [-0.05, 0) is 18.4 Å². The van der Waals surface area contributed by atoms with Gasteiger partial charge < -0.3 is 43.0 Å². The molecule has 0 saturated heterocycles. The molecular formula is C26H52N4O11Si2. The second-order valence-corrected chi connectivity index (χ2v) is 17.3. The van der Waals surface area contributed by atoms with Gasteiger partial charge in [0.2, 0.25) is 11.8 Å². The molecule has 43 heavy (non-hydrogen) atoms. The fraction of sp³-hybridized carbons (Fsp3) is 0.769. The van der Waals surface area contributed by atoms with Gasteiger partial charge in [-0.25, -0.2) is 0 Å². The molecule has 0 aromatic carbocycles. The zero-order valence-corrected chi connectivity index (χ0v) is 29.0. The van der Waals surface area contributed by atoms with E-state index in [0.717, 1.165) is 0 Å². The molecule has 2 unspecified atom stereocenters. The van der Waals surface area contributed by atoms with Crippen molar-refractivity contribution in [2.45, 2.75) is 53.0 Å². The number of rotatable bonds is 24. The van der Waals surface area contributed by atoms with Crippen molar-refractivity contribution in [3.63, 3.8) is 0 Å². The van der Waals surface area contributed by atoms with Crippen molar-refractivity contribution in [2.24, 2.45) is 17.3 Å². The summed E-state index contributed by atoms with van der Waals surface area (Å²) in [5, 5.41) is 30.9. The molecule has 2 amide bonds.